The van der Waals surface area contributed by atoms with Crippen LogP contribution in [0.25, 0.3) is 6.08 Å². The number of benzene rings is 2. The molecule has 24 heavy (non-hydrogen) atoms. The van der Waals surface area contributed by atoms with Gasteiger partial charge < -0.3 is 19.5 Å². The number of amides is 1. The van der Waals surface area contributed by atoms with Gasteiger partial charge in [0.2, 0.25) is 5.91 Å². The number of para-hydroxylation sites is 2. The van der Waals surface area contributed by atoms with Gasteiger partial charge in [0.05, 0.1) is 31.5 Å². The lowest BCUT2D eigenvalue weighted by molar-refractivity contribution is -0.111. The summed E-state index contributed by atoms with van der Waals surface area (Å²) in [6.07, 6.45) is 3.14. The zero-order valence-electron chi connectivity index (χ0n) is 13.6. The van der Waals surface area contributed by atoms with Crippen LogP contribution in [0.5, 0.6) is 17.2 Å². The van der Waals surface area contributed by atoms with E-state index in [2.05, 4.69) is 21.2 Å². The smallest absolute Gasteiger partial charge is 0.248 e. The van der Waals surface area contributed by atoms with Crippen molar-refractivity contribution in [1.29, 1.82) is 0 Å². The highest BCUT2D eigenvalue weighted by Gasteiger charge is 2.10. The average Bonchev–Trinajstić information content (AvgIpc) is 2.59. The molecule has 0 aliphatic rings. The SMILES string of the molecule is COc1ccccc1NC(=O)C=Cc1cc(Br)c(OC)c(OC)c1. The topological polar surface area (TPSA) is 56.8 Å². The van der Waals surface area contributed by atoms with Crippen LogP contribution in [0, 0.1) is 0 Å². The van der Waals surface area contributed by atoms with Gasteiger partial charge in [0.15, 0.2) is 11.5 Å². The summed E-state index contributed by atoms with van der Waals surface area (Å²) in [5.41, 5.74) is 1.41. The van der Waals surface area contributed by atoms with E-state index in [1.807, 2.05) is 18.2 Å². The fourth-order valence-corrected chi connectivity index (χ4v) is 2.75. The molecule has 1 amide bonds. The van der Waals surface area contributed by atoms with Gasteiger partial charge in [-0.1, -0.05) is 12.1 Å². The van der Waals surface area contributed by atoms with E-state index in [9.17, 15) is 4.79 Å². The number of hydrogen-bond acceptors (Lipinski definition) is 4. The average molecular weight is 392 g/mol. The van der Waals surface area contributed by atoms with Crippen LogP contribution in [0.1, 0.15) is 5.56 Å². The van der Waals surface area contributed by atoms with Gasteiger partial charge in [0.25, 0.3) is 0 Å². The second-order valence-electron chi connectivity index (χ2n) is 4.76. The van der Waals surface area contributed by atoms with Gasteiger partial charge in [0.1, 0.15) is 5.75 Å². The summed E-state index contributed by atoms with van der Waals surface area (Å²) in [5.74, 6) is 1.53. The normalized spacial score (nSPS) is 10.5. The van der Waals surface area contributed by atoms with Gasteiger partial charge in [-0.2, -0.15) is 0 Å². The van der Waals surface area contributed by atoms with Gasteiger partial charge in [-0.15, -0.1) is 0 Å². The largest absolute Gasteiger partial charge is 0.495 e. The van der Waals surface area contributed by atoms with Crippen molar-refractivity contribution in [1.82, 2.24) is 0 Å². The highest BCUT2D eigenvalue weighted by Crippen LogP contribution is 2.36. The molecule has 126 valence electrons. The van der Waals surface area contributed by atoms with Crippen molar-refractivity contribution in [3.63, 3.8) is 0 Å². The molecule has 5 nitrogen and oxygen atoms in total. The maximum atomic E-state index is 12.1. The van der Waals surface area contributed by atoms with Crippen LogP contribution in [0.15, 0.2) is 46.9 Å². The Hall–Kier alpha value is -2.47. The molecule has 0 aliphatic carbocycles. The van der Waals surface area contributed by atoms with E-state index in [4.69, 9.17) is 14.2 Å². The highest BCUT2D eigenvalue weighted by molar-refractivity contribution is 9.10. The van der Waals surface area contributed by atoms with Crippen LogP contribution >= 0.6 is 15.9 Å². The van der Waals surface area contributed by atoms with Crippen LogP contribution in [-0.4, -0.2) is 27.2 Å². The molecule has 0 aliphatic heterocycles. The molecule has 0 unspecified atom stereocenters. The Morgan fingerprint density at radius 1 is 1.04 bits per heavy atom. The van der Waals surface area contributed by atoms with E-state index in [-0.39, 0.29) is 5.91 Å². The first-order chi connectivity index (χ1) is 11.6. The summed E-state index contributed by atoms with van der Waals surface area (Å²) in [5, 5.41) is 2.78. The lowest BCUT2D eigenvalue weighted by Crippen LogP contribution is -2.08. The van der Waals surface area contributed by atoms with E-state index in [0.717, 1.165) is 10.0 Å². The Balaban J connectivity index is 2.15. The predicted molar refractivity (Wildman–Crippen MR) is 97.9 cm³/mol. The molecule has 0 radical (unpaired) electrons. The standard InChI is InChI=1S/C18H18BrNO4/c1-22-15-7-5-4-6-14(15)20-17(21)9-8-12-10-13(19)18(24-3)16(11-12)23-2/h4-11H,1-3H3,(H,20,21). The zero-order chi connectivity index (χ0) is 17.5. The van der Waals surface area contributed by atoms with Crippen LogP contribution in [-0.2, 0) is 4.79 Å². The lowest BCUT2D eigenvalue weighted by Gasteiger charge is -2.10. The molecule has 2 aromatic rings. The number of nitrogens with one attached hydrogen (secondary N) is 1. The molecule has 0 saturated heterocycles. The summed E-state index contributed by atoms with van der Waals surface area (Å²) in [6.45, 7) is 0. The van der Waals surface area contributed by atoms with Crippen molar-refractivity contribution in [2.24, 2.45) is 0 Å². The number of hydrogen-bond donors (Lipinski definition) is 1. The summed E-state index contributed by atoms with van der Waals surface area (Å²) in [4.78, 5) is 12.1. The number of anilines is 1. The Kier molecular flexibility index (Phi) is 6.26. The van der Waals surface area contributed by atoms with Crippen molar-refractivity contribution < 1.29 is 19.0 Å². The molecular formula is C18H18BrNO4. The van der Waals surface area contributed by atoms with E-state index in [0.29, 0.717) is 22.9 Å². The number of rotatable bonds is 6. The minimum atomic E-state index is -0.259. The molecule has 0 aromatic heterocycles. The minimum absolute atomic E-state index is 0.259. The Morgan fingerprint density at radius 3 is 2.42 bits per heavy atom. The summed E-state index contributed by atoms with van der Waals surface area (Å²) in [6, 6.07) is 10.9. The van der Waals surface area contributed by atoms with Crippen molar-refractivity contribution in [3.05, 3.63) is 52.5 Å². The first-order valence-electron chi connectivity index (χ1n) is 7.12. The molecule has 0 spiro atoms. The van der Waals surface area contributed by atoms with E-state index >= 15 is 0 Å². The highest BCUT2D eigenvalue weighted by atomic mass is 79.9. The van der Waals surface area contributed by atoms with Crippen molar-refractivity contribution in [2.45, 2.75) is 0 Å². The van der Waals surface area contributed by atoms with E-state index in [1.165, 1.54) is 6.08 Å². The number of carbonyl (C=O) groups is 1. The van der Waals surface area contributed by atoms with Crippen LogP contribution in [0.2, 0.25) is 0 Å². The Bertz CT molecular complexity index is 759. The molecule has 0 heterocycles. The molecule has 2 aromatic carbocycles. The molecule has 2 rings (SSSR count). The summed E-state index contributed by atoms with van der Waals surface area (Å²) >= 11 is 3.42. The number of halogens is 1. The molecular weight excluding hydrogens is 374 g/mol. The fraction of sp³-hybridized carbons (Fsp3) is 0.167. The van der Waals surface area contributed by atoms with E-state index in [1.54, 1.807) is 45.6 Å². The molecule has 0 bridgehead atoms. The molecule has 0 fully saturated rings. The van der Waals surface area contributed by atoms with Gasteiger partial charge in [-0.05, 0) is 51.8 Å². The Morgan fingerprint density at radius 2 is 1.75 bits per heavy atom. The number of methoxy groups -OCH3 is 3. The second kappa shape index (κ2) is 8.40. The zero-order valence-corrected chi connectivity index (χ0v) is 15.2. The van der Waals surface area contributed by atoms with Gasteiger partial charge >= 0.3 is 0 Å². The number of carbonyl (C=O) groups excluding carboxylic acids is 1. The molecule has 0 saturated carbocycles. The molecule has 0 atom stereocenters. The van der Waals surface area contributed by atoms with Gasteiger partial charge in [-0.3, -0.25) is 4.79 Å². The molecule has 1 N–H and O–H groups in total. The van der Waals surface area contributed by atoms with Crippen molar-refractivity contribution in [3.8, 4) is 17.2 Å². The summed E-state index contributed by atoms with van der Waals surface area (Å²) in [7, 11) is 4.69. The summed E-state index contributed by atoms with van der Waals surface area (Å²) < 4.78 is 16.5. The first kappa shape index (κ1) is 17.9. The Labute approximate surface area is 149 Å². The fourth-order valence-electron chi connectivity index (χ4n) is 2.13. The van der Waals surface area contributed by atoms with Crippen molar-refractivity contribution in [2.75, 3.05) is 26.6 Å². The van der Waals surface area contributed by atoms with Crippen LogP contribution in [0.3, 0.4) is 0 Å². The number of ether oxygens (including phenoxy) is 3. The predicted octanol–water partition coefficient (Wildman–Crippen LogP) is 4.13. The van der Waals surface area contributed by atoms with Gasteiger partial charge in [-0.25, -0.2) is 0 Å². The van der Waals surface area contributed by atoms with Crippen molar-refractivity contribution >= 4 is 33.6 Å². The lowest BCUT2D eigenvalue weighted by atomic mass is 10.2. The molecule has 6 heteroatoms. The van der Waals surface area contributed by atoms with E-state index < -0.39 is 0 Å². The first-order valence-corrected chi connectivity index (χ1v) is 7.92. The third kappa shape index (κ3) is 4.29. The minimum Gasteiger partial charge on any atom is -0.495 e. The maximum absolute atomic E-state index is 12.1. The third-order valence-electron chi connectivity index (χ3n) is 3.25. The second-order valence-corrected chi connectivity index (χ2v) is 5.62. The maximum Gasteiger partial charge on any atom is 0.248 e. The quantitative estimate of drug-likeness (QED) is 0.752. The van der Waals surface area contributed by atoms with Crippen LogP contribution in [0.4, 0.5) is 5.69 Å². The monoisotopic (exact) mass is 391 g/mol. The van der Waals surface area contributed by atoms with Gasteiger partial charge in [0, 0.05) is 6.08 Å². The third-order valence-corrected chi connectivity index (χ3v) is 3.84. The van der Waals surface area contributed by atoms with Crippen LogP contribution < -0.4 is 19.5 Å².